The molecule has 1 N–H and O–H groups in total. The van der Waals surface area contributed by atoms with Crippen molar-refractivity contribution in [3.63, 3.8) is 0 Å². The van der Waals surface area contributed by atoms with E-state index in [1.165, 1.54) is 31.2 Å². The van der Waals surface area contributed by atoms with Crippen LogP contribution in [0.4, 0.5) is 0 Å². The van der Waals surface area contributed by atoms with Crippen LogP contribution in [-0.2, 0) is 0 Å². The minimum atomic E-state index is 0.435. The summed E-state index contributed by atoms with van der Waals surface area (Å²) in [4.78, 5) is 0. The lowest BCUT2D eigenvalue weighted by Gasteiger charge is -2.17. The molecule has 0 bridgehead atoms. The molecule has 0 saturated carbocycles. The standard InChI is InChI=1S/C14H22ClN/c1-4-5-6-7-14(16-3)12-9-8-11(2)13(15)10-12/h8-10,14,16H,4-7H2,1-3H3. The van der Waals surface area contributed by atoms with E-state index in [1.807, 2.05) is 14.0 Å². The number of hydrogen-bond donors (Lipinski definition) is 1. The molecule has 0 aromatic heterocycles. The van der Waals surface area contributed by atoms with Crippen molar-refractivity contribution < 1.29 is 0 Å². The van der Waals surface area contributed by atoms with E-state index in [9.17, 15) is 0 Å². The average Bonchev–Trinajstić information content (AvgIpc) is 2.29. The van der Waals surface area contributed by atoms with Crippen molar-refractivity contribution in [2.24, 2.45) is 0 Å². The Morgan fingerprint density at radius 3 is 2.62 bits per heavy atom. The molecule has 16 heavy (non-hydrogen) atoms. The Morgan fingerprint density at radius 2 is 2.06 bits per heavy atom. The Bertz CT molecular complexity index is 323. The quantitative estimate of drug-likeness (QED) is 0.722. The largest absolute Gasteiger partial charge is 0.313 e. The van der Waals surface area contributed by atoms with Crippen molar-refractivity contribution in [1.82, 2.24) is 5.32 Å². The lowest BCUT2D eigenvalue weighted by Crippen LogP contribution is -2.16. The van der Waals surface area contributed by atoms with Crippen molar-refractivity contribution in [3.05, 3.63) is 34.3 Å². The zero-order valence-electron chi connectivity index (χ0n) is 10.5. The summed E-state index contributed by atoms with van der Waals surface area (Å²) in [6, 6.07) is 6.80. The number of halogens is 1. The minimum Gasteiger partial charge on any atom is -0.313 e. The van der Waals surface area contributed by atoms with Crippen LogP contribution in [0.1, 0.15) is 49.8 Å². The molecule has 1 aromatic rings. The number of benzene rings is 1. The van der Waals surface area contributed by atoms with Gasteiger partial charge in [0.05, 0.1) is 0 Å². The number of nitrogens with one attached hydrogen (secondary N) is 1. The molecule has 1 aromatic carbocycles. The van der Waals surface area contributed by atoms with Crippen LogP contribution in [0, 0.1) is 6.92 Å². The Balaban J connectivity index is 2.67. The van der Waals surface area contributed by atoms with Crippen molar-refractivity contribution in [2.45, 2.75) is 45.6 Å². The second-order valence-corrected chi connectivity index (χ2v) is 4.75. The van der Waals surface area contributed by atoms with Crippen molar-refractivity contribution >= 4 is 11.6 Å². The van der Waals surface area contributed by atoms with Gasteiger partial charge in [0.15, 0.2) is 0 Å². The number of hydrogen-bond acceptors (Lipinski definition) is 1. The lowest BCUT2D eigenvalue weighted by molar-refractivity contribution is 0.512. The summed E-state index contributed by atoms with van der Waals surface area (Å²) in [5.74, 6) is 0. The maximum Gasteiger partial charge on any atom is 0.0438 e. The highest BCUT2D eigenvalue weighted by molar-refractivity contribution is 6.31. The smallest absolute Gasteiger partial charge is 0.0438 e. The Hall–Kier alpha value is -0.530. The van der Waals surface area contributed by atoms with E-state index in [1.54, 1.807) is 0 Å². The third-order valence-electron chi connectivity index (χ3n) is 3.04. The molecule has 0 aliphatic carbocycles. The summed E-state index contributed by atoms with van der Waals surface area (Å²) in [6.45, 7) is 4.27. The SMILES string of the molecule is CCCCCC(NC)c1ccc(C)c(Cl)c1. The molecule has 1 rings (SSSR count). The maximum absolute atomic E-state index is 6.15. The summed E-state index contributed by atoms with van der Waals surface area (Å²) in [5, 5.41) is 4.23. The first-order valence-electron chi connectivity index (χ1n) is 6.12. The van der Waals surface area contributed by atoms with Crippen molar-refractivity contribution in [2.75, 3.05) is 7.05 Å². The summed E-state index contributed by atoms with van der Waals surface area (Å²) in [6.07, 6.45) is 5.03. The summed E-state index contributed by atoms with van der Waals surface area (Å²) in [5.41, 5.74) is 2.45. The van der Waals surface area contributed by atoms with Gasteiger partial charge in [0.2, 0.25) is 0 Å². The highest BCUT2D eigenvalue weighted by Gasteiger charge is 2.09. The van der Waals surface area contributed by atoms with E-state index in [2.05, 4.69) is 30.4 Å². The van der Waals surface area contributed by atoms with Crippen LogP contribution in [0.3, 0.4) is 0 Å². The van der Waals surface area contributed by atoms with Gasteiger partial charge in [-0.3, -0.25) is 0 Å². The second-order valence-electron chi connectivity index (χ2n) is 4.35. The first kappa shape index (κ1) is 13.5. The summed E-state index contributed by atoms with van der Waals surface area (Å²) < 4.78 is 0. The van der Waals surface area contributed by atoms with E-state index in [4.69, 9.17) is 11.6 Å². The first-order valence-corrected chi connectivity index (χ1v) is 6.50. The minimum absolute atomic E-state index is 0.435. The normalized spacial score (nSPS) is 12.8. The topological polar surface area (TPSA) is 12.0 Å². The predicted octanol–water partition coefficient (Wildman–Crippen LogP) is 4.49. The van der Waals surface area contributed by atoms with Crippen LogP contribution in [-0.4, -0.2) is 7.05 Å². The van der Waals surface area contributed by atoms with Gasteiger partial charge in [-0.15, -0.1) is 0 Å². The average molecular weight is 240 g/mol. The van der Waals surface area contributed by atoms with E-state index in [0.717, 1.165) is 10.6 Å². The monoisotopic (exact) mass is 239 g/mol. The van der Waals surface area contributed by atoms with Crippen LogP contribution in [0.15, 0.2) is 18.2 Å². The summed E-state index contributed by atoms with van der Waals surface area (Å²) in [7, 11) is 2.02. The van der Waals surface area contributed by atoms with Crippen LogP contribution < -0.4 is 5.32 Å². The van der Waals surface area contributed by atoms with E-state index in [0.29, 0.717) is 6.04 Å². The number of rotatable bonds is 6. The highest BCUT2D eigenvalue weighted by Crippen LogP contribution is 2.24. The van der Waals surface area contributed by atoms with Gasteiger partial charge in [0.25, 0.3) is 0 Å². The Labute approximate surface area is 104 Å². The van der Waals surface area contributed by atoms with E-state index in [-0.39, 0.29) is 0 Å². The third kappa shape index (κ3) is 3.80. The first-order chi connectivity index (χ1) is 7.69. The fourth-order valence-electron chi connectivity index (χ4n) is 1.90. The van der Waals surface area contributed by atoms with Gasteiger partial charge in [-0.2, -0.15) is 0 Å². The molecule has 0 fully saturated rings. The predicted molar refractivity (Wildman–Crippen MR) is 72.1 cm³/mol. The zero-order chi connectivity index (χ0) is 12.0. The molecule has 1 nitrogen and oxygen atoms in total. The molecule has 1 atom stereocenters. The zero-order valence-corrected chi connectivity index (χ0v) is 11.3. The molecule has 0 amide bonds. The van der Waals surface area contributed by atoms with Gasteiger partial charge in [-0.05, 0) is 37.6 Å². The molecule has 0 spiro atoms. The number of aryl methyl sites for hydroxylation is 1. The Kier molecular flexibility index (Phi) is 5.86. The molecular weight excluding hydrogens is 218 g/mol. The molecule has 0 radical (unpaired) electrons. The molecular formula is C14H22ClN. The van der Waals surface area contributed by atoms with Crippen LogP contribution in [0.5, 0.6) is 0 Å². The van der Waals surface area contributed by atoms with Gasteiger partial charge in [0, 0.05) is 11.1 Å². The van der Waals surface area contributed by atoms with Crippen molar-refractivity contribution in [3.8, 4) is 0 Å². The molecule has 2 heteroatoms. The van der Waals surface area contributed by atoms with Crippen molar-refractivity contribution in [1.29, 1.82) is 0 Å². The fourth-order valence-corrected chi connectivity index (χ4v) is 2.09. The van der Waals surface area contributed by atoms with E-state index >= 15 is 0 Å². The van der Waals surface area contributed by atoms with Gasteiger partial charge < -0.3 is 5.32 Å². The van der Waals surface area contributed by atoms with Crippen LogP contribution in [0.25, 0.3) is 0 Å². The van der Waals surface area contributed by atoms with Crippen LogP contribution in [0.2, 0.25) is 5.02 Å². The molecule has 0 heterocycles. The van der Waals surface area contributed by atoms with Gasteiger partial charge in [-0.1, -0.05) is 49.9 Å². The fraction of sp³-hybridized carbons (Fsp3) is 0.571. The maximum atomic E-state index is 6.15. The van der Waals surface area contributed by atoms with Gasteiger partial charge in [-0.25, -0.2) is 0 Å². The lowest BCUT2D eigenvalue weighted by atomic mass is 9.99. The van der Waals surface area contributed by atoms with Gasteiger partial charge >= 0.3 is 0 Å². The van der Waals surface area contributed by atoms with E-state index < -0.39 is 0 Å². The highest BCUT2D eigenvalue weighted by atomic mass is 35.5. The second kappa shape index (κ2) is 6.93. The van der Waals surface area contributed by atoms with Gasteiger partial charge in [0.1, 0.15) is 0 Å². The Morgan fingerprint density at radius 1 is 1.31 bits per heavy atom. The summed E-state index contributed by atoms with van der Waals surface area (Å²) >= 11 is 6.15. The molecule has 90 valence electrons. The number of unbranched alkanes of at least 4 members (excludes halogenated alkanes) is 2. The molecule has 0 saturated heterocycles. The third-order valence-corrected chi connectivity index (χ3v) is 3.45. The molecule has 0 aliphatic rings. The molecule has 0 aliphatic heterocycles. The van der Waals surface area contributed by atoms with Crippen LogP contribution >= 0.6 is 11.6 Å². The molecule has 1 unspecified atom stereocenters.